The zero-order chi connectivity index (χ0) is 17.9. The average molecular weight is 362 g/mol. The van der Waals surface area contributed by atoms with Crippen LogP contribution in [0.1, 0.15) is 29.7 Å². The lowest BCUT2D eigenvalue weighted by Gasteiger charge is -2.24. The van der Waals surface area contributed by atoms with Crippen LogP contribution in [-0.4, -0.2) is 16.7 Å². The summed E-state index contributed by atoms with van der Waals surface area (Å²) in [6, 6.07) is 18.6. The van der Waals surface area contributed by atoms with Gasteiger partial charge in [-0.05, 0) is 43.4 Å². The number of hydrogen-bond donors (Lipinski definition) is 0. The summed E-state index contributed by atoms with van der Waals surface area (Å²) in [5.41, 5.74) is 4.92. The van der Waals surface area contributed by atoms with Crippen molar-refractivity contribution in [2.75, 3.05) is 7.11 Å². The summed E-state index contributed by atoms with van der Waals surface area (Å²) < 4.78 is 8.52. The molecule has 26 heavy (non-hydrogen) atoms. The standard InChI is InChI=1S/C22H22N2OS/c1-25-18-11-7-10-17(14-18)21-23-22(26)19-12-5-6-13-20(19)24(21)15-16-8-3-2-4-9-16/h2-4,7-11,14H,5-6,12-13,15H2,1H3. The molecule has 1 aliphatic carbocycles. The van der Waals surface area contributed by atoms with Gasteiger partial charge in [-0.1, -0.05) is 54.7 Å². The minimum absolute atomic E-state index is 0.752. The van der Waals surface area contributed by atoms with Crippen molar-refractivity contribution in [3.05, 3.63) is 76.1 Å². The quantitative estimate of drug-likeness (QED) is 0.596. The lowest BCUT2D eigenvalue weighted by atomic mass is 9.96. The highest BCUT2D eigenvalue weighted by Gasteiger charge is 2.19. The number of benzene rings is 2. The fraction of sp³-hybridized carbons (Fsp3) is 0.273. The van der Waals surface area contributed by atoms with E-state index in [2.05, 4.69) is 41.0 Å². The molecule has 0 atom stereocenters. The topological polar surface area (TPSA) is 27.1 Å². The predicted octanol–water partition coefficient (Wildman–Crippen LogP) is 5.22. The minimum atomic E-state index is 0.752. The normalized spacial score (nSPS) is 13.3. The molecule has 0 unspecified atom stereocenters. The van der Waals surface area contributed by atoms with Gasteiger partial charge in [0.05, 0.1) is 7.11 Å². The molecule has 0 aliphatic heterocycles. The van der Waals surface area contributed by atoms with Crippen LogP contribution < -0.4 is 4.74 Å². The van der Waals surface area contributed by atoms with Crippen LogP contribution in [0.15, 0.2) is 54.6 Å². The SMILES string of the molecule is COc1cccc(-c2nc(=S)c3c(n2Cc2ccccc2)CCCC3)c1. The molecule has 1 aromatic heterocycles. The Bertz CT molecular complexity index is 979. The number of aromatic nitrogens is 2. The molecular formula is C22H22N2OS. The van der Waals surface area contributed by atoms with Crippen molar-refractivity contribution in [1.82, 2.24) is 9.55 Å². The maximum atomic E-state index is 5.66. The third-order valence-corrected chi connectivity index (χ3v) is 5.33. The molecule has 0 N–H and O–H groups in total. The highest BCUT2D eigenvalue weighted by Crippen LogP contribution is 2.29. The lowest BCUT2D eigenvalue weighted by molar-refractivity contribution is 0.415. The Hall–Kier alpha value is -2.46. The first-order valence-electron chi connectivity index (χ1n) is 9.07. The van der Waals surface area contributed by atoms with Gasteiger partial charge >= 0.3 is 0 Å². The first-order valence-corrected chi connectivity index (χ1v) is 9.48. The van der Waals surface area contributed by atoms with Gasteiger partial charge in [-0.15, -0.1) is 0 Å². The molecule has 0 bridgehead atoms. The first-order chi connectivity index (χ1) is 12.8. The van der Waals surface area contributed by atoms with Gasteiger partial charge < -0.3 is 9.30 Å². The van der Waals surface area contributed by atoms with E-state index in [1.54, 1.807) is 7.11 Å². The molecule has 0 saturated carbocycles. The molecule has 1 heterocycles. The van der Waals surface area contributed by atoms with E-state index in [1.807, 2.05) is 18.2 Å². The second-order valence-electron chi connectivity index (χ2n) is 6.68. The third-order valence-electron chi connectivity index (χ3n) is 5.00. The second-order valence-corrected chi connectivity index (χ2v) is 7.06. The Morgan fingerprint density at radius 3 is 2.65 bits per heavy atom. The summed E-state index contributed by atoms with van der Waals surface area (Å²) in [7, 11) is 1.69. The maximum Gasteiger partial charge on any atom is 0.142 e. The molecular weight excluding hydrogens is 340 g/mol. The Morgan fingerprint density at radius 1 is 1.04 bits per heavy atom. The summed E-state index contributed by atoms with van der Waals surface area (Å²) >= 11 is 5.66. The number of nitrogens with zero attached hydrogens (tertiary/aromatic N) is 2. The monoisotopic (exact) mass is 362 g/mol. The summed E-state index contributed by atoms with van der Waals surface area (Å²) in [5.74, 6) is 1.76. The van der Waals surface area contributed by atoms with Crippen LogP contribution in [0.3, 0.4) is 0 Å². The van der Waals surface area contributed by atoms with E-state index in [0.29, 0.717) is 0 Å². The molecule has 4 rings (SSSR count). The van der Waals surface area contributed by atoms with Crippen LogP contribution in [0.2, 0.25) is 0 Å². The number of fused-ring (bicyclic) bond motifs is 1. The van der Waals surface area contributed by atoms with Gasteiger partial charge in [-0.25, -0.2) is 4.98 Å². The maximum absolute atomic E-state index is 5.66. The van der Waals surface area contributed by atoms with E-state index in [4.69, 9.17) is 21.9 Å². The van der Waals surface area contributed by atoms with E-state index < -0.39 is 0 Å². The fourth-order valence-electron chi connectivity index (χ4n) is 3.69. The number of rotatable bonds is 4. The number of hydrogen-bond acceptors (Lipinski definition) is 3. The van der Waals surface area contributed by atoms with Crippen molar-refractivity contribution < 1.29 is 4.74 Å². The molecule has 1 aliphatic rings. The highest BCUT2D eigenvalue weighted by molar-refractivity contribution is 7.71. The molecule has 0 spiro atoms. The lowest BCUT2D eigenvalue weighted by Crippen LogP contribution is -2.18. The molecule has 0 fully saturated rings. The van der Waals surface area contributed by atoms with Crippen molar-refractivity contribution >= 4 is 12.2 Å². The fourth-order valence-corrected chi connectivity index (χ4v) is 3.99. The molecule has 3 nitrogen and oxygen atoms in total. The molecule has 0 radical (unpaired) electrons. The van der Waals surface area contributed by atoms with Crippen molar-refractivity contribution in [3.8, 4) is 17.1 Å². The van der Waals surface area contributed by atoms with Crippen LogP contribution in [0.25, 0.3) is 11.4 Å². The number of methoxy groups -OCH3 is 1. The largest absolute Gasteiger partial charge is 0.497 e. The van der Waals surface area contributed by atoms with Crippen molar-refractivity contribution in [2.24, 2.45) is 0 Å². The van der Waals surface area contributed by atoms with E-state index in [9.17, 15) is 0 Å². The Kier molecular flexibility index (Phi) is 4.85. The molecule has 4 heteroatoms. The van der Waals surface area contributed by atoms with Gasteiger partial charge in [0, 0.05) is 23.4 Å². The van der Waals surface area contributed by atoms with Gasteiger partial charge in [0.2, 0.25) is 0 Å². The van der Waals surface area contributed by atoms with Crippen LogP contribution in [0.5, 0.6) is 5.75 Å². The Morgan fingerprint density at radius 2 is 1.85 bits per heavy atom. The van der Waals surface area contributed by atoms with Gasteiger partial charge in [0.25, 0.3) is 0 Å². The molecule has 0 amide bonds. The van der Waals surface area contributed by atoms with Gasteiger partial charge in [0.1, 0.15) is 16.2 Å². The third kappa shape index (κ3) is 3.29. The second kappa shape index (κ2) is 7.42. The minimum Gasteiger partial charge on any atom is -0.497 e. The molecule has 132 valence electrons. The van der Waals surface area contributed by atoms with Crippen LogP contribution >= 0.6 is 12.2 Å². The summed E-state index contributed by atoms with van der Waals surface area (Å²) in [6.07, 6.45) is 4.50. The highest BCUT2D eigenvalue weighted by atomic mass is 32.1. The predicted molar refractivity (Wildman–Crippen MR) is 107 cm³/mol. The Balaban J connectivity index is 1.91. The average Bonchev–Trinajstić information content (AvgIpc) is 2.71. The molecule has 3 aromatic rings. The van der Waals surface area contributed by atoms with Gasteiger partial charge in [-0.3, -0.25) is 0 Å². The van der Waals surface area contributed by atoms with Crippen molar-refractivity contribution in [1.29, 1.82) is 0 Å². The first kappa shape index (κ1) is 17.0. The molecule has 2 aromatic carbocycles. The molecule has 0 saturated heterocycles. The summed E-state index contributed by atoms with van der Waals surface area (Å²) in [4.78, 5) is 4.85. The van der Waals surface area contributed by atoms with Crippen LogP contribution in [0.4, 0.5) is 0 Å². The van der Waals surface area contributed by atoms with E-state index in [-0.39, 0.29) is 0 Å². The van der Waals surface area contributed by atoms with Crippen molar-refractivity contribution in [3.63, 3.8) is 0 Å². The Labute approximate surface area is 159 Å². The van der Waals surface area contributed by atoms with E-state index >= 15 is 0 Å². The number of ether oxygens (including phenoxy) is 1. The van der Waals surface area contributed by atoms with Gasteiger partial charge in [0.15, 0.2) is 0 Å². The van der Waals surface area contributed by atoms with Gasteiger partial charge in [-0.2, -0.15) is 0 Å². The zero-order valence-electron chi connectivity index (χ0n) is 14.9. The van der Waals surface area contributed by atoms with E-state index in [1.165, 1.54) is 29.7 Å². The van der Waals surface area contributed by atoms with Crippen molar-refractivity contribution in [2.45, 2.75) is 32.2 Å². The summed E-state index contributed by atoms with van der Waals surface area (Å²) in [5, 5.41) is 0. The smallest absolute Gasteiger partial charge is 0.142 e. The summed E-state index contributed by atoms with van der Waals surface area (Å²) in [6.45, 7) is 0.804. The van der Waals surface area contributed by atoms with Crippen LogP contribution in [-0.2, 0) is 19.4 Å². The van der Waals surface area contributed by atoms with E-state index in [0.717, 1.165) is 41.2 Å². The van der Waals surface area contributed by atoms with Crippen LogP contribution in [0, 0.1) is 4.64 Å². The zero-order valence-corrected chi connectivity index (χ0v) is 15.8.